The lowest BCUT2D eigenvalue weighted by Crippen LogP contribution is -2.28. The van der Waals surface area contributed by atoms with Crippen LogP contribution >= 0.6 is 0 Å². The Morgan fingerprint density at radius 2 is 1.60 bits per heavy atom. The van der Waals surface area contributed by atoms with Gasteiger partial charge in [-0.15, -0.1) is 0 Å². The minimum atomic E-state index is 0.230. The van der Waals surface area contributed by atoms with Crippen molar-refractivity contribution in [2.75, 3.05) is 25.1 Å². The highest BCUT2D eigenvalue weighted by atomic mass is 32.2. The number of hydrogen-bond donors (Lipinski definition) is 2. The SMILES string of the molecule is CC.CC(C(=O)c1ccc(C2CCCCC2)cc1)[S+]1CCCC1.CNC(C)CCN. The summed E-state index contributed by atoms with van der Waals surface area (Å²) in [7, 11) is 2.28. The van der Waals surface area contributed by atoms with Gasteiger partial charge in [-0.3, -0.25) is 4.79 Å². The summed E-state index contributed by atoms with van der Waals surface area (Å²) >= 11 is 0. The maximum atomic E-state index is 12.6. The Kier molecular flexibility index (Phi) is 14.4. The fourth-order valence-corrected chi connectivity index (χ4v) is 6.67. The zero-order valence-corrected chi connectivity index (χ0v) is 21.0. The van der Waals surface area contributed by atoms with Crippen LogP contribution in [0.1, 0.15) is 101 Å². The molecule has 1 aromatic rings. The van der Waals surface area contributed by atoms with E-state index in [1.165, 1.54) is 62.0 Å². The number of nitrogens with two attached hydrogens (primary N) is 1. The smallest absolute Gasteiger partial charge is 0.214 e. The second-order valence-corrected chi connectivity index (χ2v) is 11.0. The predicted molar refractivity (Wildman–Crippen MR) is 136 cm³/mol. The van der Waals surface area contributed by atoms with Crippen LogP contribution in [-0.2, 0) is 10.9 Å². The molecule has 3 N–H and O–H groups in total. The van der Waals surface area contributed by atoms with E-state index in [-0.39, 0.29) is 5.25 Å². The monoisotopic (exact) mass is 435 g/mol. The molecule has 2 fully saturated rings. The molecular formula is C26H47N2OS+. The Balaban J connectivity index is 0.000000428. The van der Waals surface area contributed by atoms with Gasteiger partial charge in [-0.05, 0) is 81.9 Å². The van der Waals surface area contributed by atoms with E-state index in [2.05, 4.69) is 43.4 Å². The van der Waals surface area contributed by atoms with Crippen molar-refractivity contribution in [1.82, 2.24) is 5.32 Å². The largest absolute Gasteiger partial charge is 0.330 e. The average molecular weight is 436 g/mol. The summed E-state index contributed by atoms with van der Waals surface area (Å²) in [5.41, 5.74) is 7.64. The first-order chi connectivity index (χ1) is 14.6. The lowest BCUT2D eigenvalue weighted by atomic mass is 9.84. The molecule has 0 amide bonds. The van der Waals surface area contributed by atoms with Crippen molar-refractivity contribution in [3.8, 4) is 0 Å². The first-order valence-corrected chi connectivity index (χ1v) is 13.9. The molecule has 0 bridgehead atoms. The Morgan fingerprint density at radius 1 is 1.03 bits per heavy atom. The van der Waals surface area contributed by atoms with Crippen LogP contribution in [0.25, 0.3) is 0 Å². The molecule has 1 heterocycles. The average Bonchev–Trinajstić information content (AvgIpc) is 3.36. The van der Waals surface area contributed by atoms with Gasteiger partial charge in [-0.1, -0.05) is 57.4 Å². The van der Waals surface area contributed by atoms with E-state index in [1.807, 2.05) is 20.9 Å². The fraction of sp³-hybridized carbons (Fsp3) is 0.731. The van der Waals surface area contributed by atoms with E-state index in [9.17, 15) is 4.79 Å². The van der Waals surface area contributed by atoms with Crippen molar-refractivity contribution in [3.05, 3.63) is 35.4 Å². The van der Waals surface area contributed by atoms with Crippen molar-refractivity contribution in [2.45, 2.75) is 96.3 Å². The third kappa shape index (κ3) is 9.11. The van der Waals surface area contributed by atoms with Crippen molar-refractivity contribution < 1.29 is 4.79 Å². The Hall–Kier alpha value is -0.840. The Bertz CT molecular complexity index is 563. The zero-order valence-electron chi connectivity index (χ0n) is 20.2. The number of carbonyl (C=O) groups excluding carboxylic acids is 1. The summed E-state index contributed by atoms with van der Waals surface area (Å²) in [5, 5.41) is 3.32. The summed E-state index contributed by atoms with van der Waals surface area (Å²) in [5.74, 6) is 3.65. The molecule has 1 aromatic carbocycles. The van der Waals surface area contributed by atoms with Crippen LogP contribution in [0, 0.1) is 0 Å². The molecule has 172 valence electrons. The van der Waals surface area contributed by atoms with Gasteiger partial charge in [0.05, 0.1) is 0 Å². The second kappa shape index (κ2) is 15.9. The molecule has 0 spiro atoms. The summed E-state index contributed by atoms with van der Waals surface area (Å²) < 4.78 is 0. The highest BCUT2D eigenvalue weighted by Gasteiger charge is 2.35. The number of benzene rings is 1. The predicted octanol–water partition coefficient (Wildman–Crippen LogP) is 5.69. The van der Waals surface area contributed by atoms with Crippen LogP contribution in [0.4, 0.5) is 0 Å². The third-order valence-electron chi connectivity index (χ3n) is 6.30. The number of hydrogen-bond acceptors (Lipinski definition) is 3. The van der Waals surface area contributed by atoms with E-state index in [4.69, 9.17) is 5.73 Å². The van der Waals surface area contributed by atoms with Gasteiger partial charge >= 0.3 is 0 Å². The fourth-order valence-electron chi connectivity index (χ4n) is 4.17. The van der Waals surface area contributed by atoms with Gasteiger partial charge in [0, 0.05) is 11.6 Å². The van der Waals surface area contributed by atoms with Crippen LogP contribution in [0.15, 0.2) is 24.3 Å². The maximum Gasteiger partial charge on any atom is 0.214 e. The molecule has 4 heteroatoms. The lowest BCUT2D eigenvalue weighted by molar-refractivity contribution is 0.0993. The van der Waals surface area contributed by atoms with Crippen LogP contribution in [-0.4, -0.2) is 42.2 Å². The van der Waals surface area contributed by atoms with E-state index in [0.717, 1.165) is 24.4 Å². The highest BCUT2D eigenvalue weighted by Crippen LogP contribution is 2.32. The van der Waals surface area contributed by atoms with Crippen molar-refractivity contribution in [2.24, 2.45) is 5.73 Å². The summed E-state index contributed by atoms with van der Waals surface area (Å²) in [6, 6.07) is 9.18. The van der Waals surface area contributed by atoms with Crippen molar-refractivity contribution in [1.29, 1.82) is 0 Å². The van der Waals surface area contributed by atoms with E-state index >= 15 is 0 Å². The normalized spacial score (nSPS) is 19.1. The van der Waals surface area contributed by atoms with Crippen LogP contribution < -0.4 is 11.1 Å². The molecule has 3 rings (SSSR count). The lowest BCUT2D eigenvalue weighted by Gasteiger charge is -2.22. The molecule has 1 saturated heterocycles. The molecule has 3 nitrogen and oxygen atoms in total. The molecule has 0 aromatic heterocycles. The van der Waals surface area contributed by atoms with Crippen LogP contribution in [0.3, 0.4) is 0 Å². The van der Waals surface area contributed by atoms with E-state index in [1.54, 1.807) is 0 Å². The number of ketones is 1. The minimum Gasteiger partial charge on any atom is -0.330 e. The van der Waals surface area contributed by atoms with E-state index in [0.29, 0.717) is 22.7 Å². The first kappa shape index (κ1) is 27.2. The minimum absolute atomic E-state index is 0.230. The molecule has 30 heavy (non-hydrogen) atoms. The quantitative estimate of drug-likeness (QED) is 0.427. The van der Waals surface area contributed by atoms with Crippen molar-refractivity contribution in [3.63, 3.8) is 0 Å². The van der Waals surface area contributed by atoms with Gasteiger partial charge in [0.1, 0.15) is 11.5 Å². The number of Topliss-reactive ketones (excluding diaryl/α,β-unsaturated/α-hetero) is 1. The summed E-state index contributed by atoms with van der Waals surface area (Å²) in [4.78, 5) is 12.6. The van der Waals surface area contributed by atoms with Gasteiger partial charge in [-0.2, -0.15) is 0 Å². The van der Waals surface area contributed by atoms with Gasteiger partial charge < -0.3 is 11.1 Å². The molecule has 2 atom stereocenters. The number of rotatable bonds is 7. The second-order valence-electron chi connectivity index (χ2n) is 8.38. The summed E-state index contributed by atoms with van der Waals surface area (Å²) in [6.07, 6.45) is 10.5. The van der Waals surface area contributed by atoms with Gasteiger partial charge in [0.15, 0.2) is 5.25 Å². The number of carbonyl (C=O) groups is 1. The molecule has 1 saturated carbocycles. The van der Waals surface area contributed by atoms with Gasteiger partial charge in [0.2, 0.25) is 5.78 Å². The van der Waals surface area contributed by atoms with Crippen molar-refractivity contribution >= 4 is 16.7 Å². The van der Waals surface area contributed by atoms with Gasteiger partial charge in [0.25, 0.3) is 0 Å². The molecule has 2 unspecified atom stereocenters. The molecular weight excluding hydrogens is 388 g/mol. The topological polar surface area (TPSA) is 55.1 Å². The Labute approximate surface area is 189 Å². The summed E-state index contributed by atoms with van der Waals surface area (Å²) in [6.45, 7) is 9.04. The molecule has 1 aliphatic heterocycles. The highest BCUT2D eigenvalue weighted by molar-refractivity contribution is 7.98. The van der Waals surface area contributed by atoms with Crippen LogP contribution in [0.5, 0.6) is 0 Å². The standard InChI is InChI=1S/C19H27OS.C5H14N2.C2H6/c1-15(21-13-5-6-14-21)19(20)18-11-9-17(10-12-18)16-7-3-2-4-8-16;1-5(7-2)3-4-6;1-2/h9-12,15-16H,2-8,13-14H2,1H3;5,7H,3-4,6H2,1-2H3;1-2H3/q+1;;. The maximum absolute atomic E-state index is 12.6. The number of nitrogens with one attached hydrogen (secondary N) is 1. The third-order valence-corrected chi connectivity index (χ3v) is 9.14. The zero-order chi connectivity index (χ0) is 22.4. The Morgan fingerprint density at radius 3 is 2.07 bits per heavy atom. The first-order valence-electron chi connectivity index (χ1n) is 12.2. The molecule has 0 radical (unpaired) electrons. The van der Waals surface area contributed by atoms with Crippen LogP contribution in [0.2, 0.25) is 0 Å². The molecule has 1 aliphatic carbocycles. The van der Waals surface area contributed by atoms with Gasteiger partial charge in [-0.25, -0.2) is 0 Å². The van der Waals surface area contributed by atoms with E-state index < -0.39 is 0 Å². The molecule has 2 aliphatic rings.